The van der Waals surface area contributed by atoms with Crippen LogP contribution in [0.1, 0.15) is 132 Å². The number of likely N-dealkylation sites (N-methyl/N-ethyl adjacent to an activating group) is 1. The number of carbonyl (C=O) groups is 2. The van der Waals surface area contributed by atoms with Crippen molar-refractivity contribution in [3.63, 3.8) is 0 Å². The van der Waals surface area contributed by atoms with Crippen molar-refractivity contribution in [2.24, 2.45) is 23.7 Å². The number of halogens is 3. The average Bonchev–Trinajstić information content (AvgIpc) is 4.00. The Morgan fingerprint density at radius 2 is 1.54 bits per heavy atom. The fraction of sp³-hybridized carbons (Fsp3) is 0.733. The number of cyclic esters (lactones) is 1. The Labute approximate surface area is 482 Å². The number of aryl methyl sites for hydroxylation is 1. The van der Waals surface area contributed by atoms with Gasteiger partial charge in [0.05, 0.1) is 70.8 Å². The van der Waals surface area contributed by atoms with Crippen LogP contribution in [0.15, 0.2) is 59.6 Å². The molecule has 3 aliphatic heterocycles. The second-order valence-electron chi connectivity index (χ2n) is 24.3. The molecule has 3 fully saturated rings. The standard InChI is InChI=1S/C60H92F3N3O15S/c1-15-48-59(11,72)53(69)37(5)50(67)34(2)29-58(10,76-14)55(38(6)52(39(7)56(71)80-48)81-49-30-57(9,75-13)54(70)40(8)79-49)77-33-47-51(68)46(28-36(4)78-47)65(12)27-19-18-20-41-32-66(45-22-17-16-21-44(41)45)35(3)31-64-82(73,74)43-25-23-42(24-26-43)60(61,62)63/h16-17,21-26,32,34-40,46-49,51-55,64,68-70,72H,15,18-20,27-31,33H2,1-14H3/t34-,35+,36-,37+,38+,39-,40+,46+,47+,48-,49+,51?,52+,53-,54+,55-,57-,58-,59-/m1/s1. The summed E-state index contributed by atoms with van der Waals surface area (Å²) in [6, 6.07) is 10.5. The first kappa shape index (κ1) is 67.5. The van der Waals surface area contributed by atoms with Gasteiger partial charge in [-0.15, -0.1) is 0 Å². The van der Waals surface area contributed by atoms with Crippen molar-refractivity contribution in [3.05, 3.63) is 65.9 Å². The molecule has 3 saturated heterocycles. The van der Waals surface area contributed by atoms with Crippen LogP contribution in [0, 0.1) is 23.7 Å². The molecule has 5 N–H and O–H groups in total. The third kappa shape index (κ3) is 15.1. The van der Waals surface area contributed by atoms with Crippen molar-refractivity contribution in [2.45, 2.75) is 222 Å². The van der Waals surface area contributed by atoms with E-state index in [-0.39, 0.29) is 61.3 Å². The molecule has 6 rings (SSSR count). The van der Waals surface area contributed by atoms with Crippen LogP contribution in [0.5, 0.6) is 0 Å². The Morgan fingerprint density at radius 3 is 2.16 bits per heavy atom. The number of hydrogen-bond acceptors (Lipinski definition) is 16. The van der Waals surface area contributed by atoms with E-state index in [2.05, 4.69) is 9.62 Å². The lowest BCUT2D eigenvalue weighted by atomic mass is 9.74. The minimum absolute atomic E-state index is 0.00675. The number of ether oxygens (including phenoxy) is 7. The summed E-state index contributed by atoms with van der Waals surface area (Å²) < 4.78 is 115. The largest absolute Gasteiger partial charge is 0.459 e. The number of unbranched alkanes of at least 4 members (excludes halogenated alkanes) is 1. The first-order chi connectivity index (χ1) is 38.2. The summed E-state index contributed by atoms with van der Waals surface area (Å²) >= 11 is 0. The second-order valence-corrected chi connectivity index (χ2v) is 26.0. The minimum atomic E-state index is -4.59. The number of alkyl halides is 3. The maximum atomic E-state index is 14.5. The summed E-state index contributed by atoms with van der Waals surface area (Å²) in [6.07, 6.45) is -9.21. The number of sulfonamides is 1. The number of aliphatic hydroxyl groups excluding tert-OH is 3. The topological polar surface area (TPSA) is 234 Å². The van der Waals surface area contributed by atoms with Crippen molar-refractivity contribution in [1.82, 2.24) is 14.2 Å². The molecule has 2 aromatic carbocycles. The molecule has 1 aromatic heterocycles. The molecule has 82 heavy (non-hydrogen) atoms. The Bertz CT molecular complexity index is 2700. The highest BCUT2D eigenvalue weighted by atomic mass is 32.2. The van der Waals surface area contributed by atoms with Gasteiger partial charge in [-0.05, 0) is 136 Å². The Morgan fingerprint density at radius 1 is 0.890 bits per heavy atom. The zero-order chi connectivity index (χ0) is 61.0. The van der Waals surface area contributed by atoms with Gasteiger partial charge in [-0.2, -0.15) is 13.2 Å². The number of hydrogen-bond donors (Lipinski definition) is 5. The van der Waals surface area contributed by atoms with Crippen LogP contribution in [0.25, 0.3) is 10.9 Å². The summed E-state index contributed by atoms with van der Waals surface area (Å²) in [7, 11) is 0.863. The second kappa shape index (κ2) is 27.4. The third-order valence-electron chi connectivity index (χ3n) is 18.0. The summed E-state index contributed by atoms with van der Waals surface area (Å²) in [5.41, 5.74) is -3.35. The van der Waals surface area contributed by atoms with Crippen molar-refractivity contribution in [2.75, 3.05) is 41.0 Å². The smallest absolute Gasteiger partial charge is 0.416 e. The predicted octanol–water partition coefficient (Wildman–Crippen LogP) is 7.39. The molecule has 3 aromatic rings. The van der Waals surface area contributed by atoms with Crippen LogP contribution >= 0.6 is 0 Å². The van der Waals surface area contributed by atoms with Gasteiger partial charge in [-0.1, -0.05) is 45.9 Å². The third-order valence-corrected chi connectivity index (χ3v) is 19.5. The van der Waals surface area contributed by atoms with E-state index in [0.29, 0.717) is 19.4 Å². The monoisotopic (exact) mass is 1180 g/mol. The molecular weight excluding hydrogens is 1090 g/mol. The molecule has 0 saturated carbocycles. The number of esters is 1. The van der Waals surface area contributed by atoms with Crippen molar-refractivity contribution >= 4 is 32.7 Å². The highest BCUT2D eigenvalue weighted by Crippen LogP contribution is 2.41. The molecular formula is C60H92F3N3O15S. The molecule has 1 unspecified atom stereocenters. The molecule has 0 bridgehead atoms. The molecule has 0 amide bonds. The molecule has 18 nitrogen and oxygen atoms in total. The fourth-order valence-electron chi connectivity index (χ4n) is 12.7. The highest BCUT2D eigenvalue weighted by Gasteiger charge is 2.53. The number of carbonyl (C=O) groups excluding carboxylic acids is 2. The number of methoxy groups -OCH3 is 2. The van der Waals surface area contributed by atoms with Crippen LogP contribution in [0.2, 0.25) is 0 Å². The summed E-state index contributed by atoms with van der Waals surface area (Å²) in [4.78, 5) is 30.6. The van der Waals surface area contributed by atoms with Crippen LogP contribution in [-0.4, -0.2) is 175 Å². The van der Waals surface area contributed by atoms with Gasteiger partial charge in [-0.3, -0.25) is 9.59 Å². The zero-order valence-corrected chi connectivity index (χ0v) is 51.0. The number of Topliss-reactive ketones (excluding diaryl/α,β-unsaturated/α-hetero) is 1. The first-order valence-electron chi connectivity index (χ1n) is 28.9. The number of aromatic nitrogens is 1. The van der Waals surface area contributed by atoms with E-state index in [1.54, 1.807) is 48.5 Å². The molecule has 22 heteroatoms. The van der Waals surface area contributed by atoms with Crippen LogP contribution in [-0.2, 0) is 65.4 Å². The lowest BCUT2D eigenvalue weighted by molar-refractivity contribution is -0.301. The van der Waals surface area contributed by atoms with E-state index < -0.39 is 123 Å². The van der Waals surface area contributed by atoms with Gasteiger partial charge in [0, 0.05) is 74.1 Å². The maximum absolute atomic E-state index is 14.5. The van der Waals surface area contributed by atoms with Gasteiger partial charge in [-0.25, -0.2) is 13.1 Å². The highest BCUT2D eigenvalue weighted by molar-refractivity contribution is 7.89. The van der Waals surface area contributed by atoms with Gasteiger partial charge in [0.25, 0.3) is 0 Å². The lowest BCUT2D eigenvalue weighted by Gasteiger charge is -2.48. The molecule has 0 radical (unpaired) electrons. The number of nitrogens with one attached hydrogen (secondary N) is 1. The number of para-hydroxylation sites is 1. The van der Waals surface area contributed by atoms with Gasteiger partial charge in [0.15, 0.2) is 6.29 Å². The zero-order valence-electron chi connectivity index (χ0n) is 50.2. The number of benzene rings is 2. The summed E-state index contributed by atoms with van der Waals surface area (Å²) in [6.45, 7) is 19.4. The van der Waals surface area contributed by atoms with Gasteiger partial charge in [0.1, 0.15) is 29.7 Å². The first-order valence-corrected chi connectivity index (χ1v) is 30.4. The fourth-order valence-corrected chi connectivity index (χ4v) is 13.8. The van der Waals surface area contributed by atoms with E-state index in [9.17, 15) is 51.6 Å². The molecule has 19 atom stereocenters. The van der Waals surface area contributed by atoms with E-state index in [1.165, 1.54) is 21.1 Å². The van der Waals surface area contributed by atoms with Crippen LogP contribution in [0.3, 0.4) is 0 Å². The Kier molecular flexibility index (Phi) is 22.5. The molecule has 0 spiro atoms. The summed E-state index contributed by atoms with van der Waals surface area (Å²) in [5.74, 6) is -4.71. The van der Waals surface area contributed by atoms with E-state index in [4.69, 9.17) is 33.2 Å². The van der Waals surface area contributed by atoms with Crippen molar-refractivity contribution in [1.29, 1.82) is 0 Å². The quantitative estimate of drug-likeness (QED) is 0.0582. The average molecular weight is 1180 g/mol. The van der Waals surface area contributed by atoms with Gasteiger partial charge < -0.3 is 63.1 Å². The number of ketones is 1. The maximum Gasteiger partial charge on any atom is 0.416 e. The van der Waals surface area contributed by atoms with Crippen LogP contribution in [0.4, 0.5) is 13.2 Å². The van der Waals surface area contributed by atoms with Gasteiger partial charge >= 0.3 is 12.1 Å². The number of aliphatic hydroxyl groups is 4. The predicted molar refractivity (Wildman–Crippen MR) is 301 cm³/mol. The van der Waals surface area contributed by atoms with Crippen molar-refractivity contribution < 1.29 is 84.8 Å². The van der Waals surface area contributed by atoms with E-state index in [1.807, 2.05) is 62.8 Å². The Hall–Kier alpha value is -3.62. The normalized spacial score (nSPS) is 36.3. The summed E-state index contributed by atoms with van der Waals surface area (Å²) in [5, 5.41) is 47.8. The molecule has 4 heterocycles. The Balaban J connectivity index is 1.19. The number of nitrogens with zero attached hydrogens (tertiary/aromatic N) is 2. The van der Waals surface area contributed by atoms with Crippen molar-refractivity contribution in [3.8, 4) is 0 Å². The number of rotatable bonds is 19. The molecule has 464 valence electrons. The SMILES string of the molecule is CC[C@H]1OC(=O)[C@H](C)[C@@H](O[C@H]2C[C@@](C)(OC)[C@@H](O)[C@H](C)O2)[C@H](C)[C@@H](OC[C@@H]2O[C@H](C)C[C@H](N(C)CCCCc3cn([C@@H](C)CNS(=O)(=O)c4ccc(C(F)(F)F)cc4)c4ccccc34)C2O)[C@](C)(OC)C[C@@H](C)C(=O)[C@H](C)[C@@H](O)[C@]1(C)O. The van der Waals surface area contributed by atoms with Gasteiger partial charge in [0.2, 0.25) is 10.0 Å². The lowest BCUT2D eigenvalue weighted by Crippen LogP contribution is -2.60. The molecule has 0 aliphatic carbocycles. The number of fused-ring (bicyclic) bond motifs is 1. The van der Waals surface area contributed by atoms with Crippen LogP contribution < -0.4 is 4.72 Å². The minimum Gasteiger partial charge on any atom is -0.459 e. The van der Waals surface area contributed by atoms with E-state index in [0.717, 1.165) is 53.6 Å². The molecule has 3 aliphatic rings. The van der Waals surface area contributed by atoms with E-state index >= 15 is 0 Å².